The molecule has 0 spiro atoms. The Bertz CT molecular complexity index is 1270. The molecule has 4 aromatic rings. The second-order valence-corrected chi connectivity index (χ2v) is 8.90. The van der Waals surface area contributed by atoms with Gasteiger partial charge in [-0.3, -0.25) is 15.0 Å². The Balaban J connectivity index is 1.45. The minimum atomic E-state index is -0.377. The van der Waals surface area contributed by atoms with Crippen LogP contribution in [-0.2, 0) is 6.54 Å². The van der Waals surface area contributed by atoms with Gasteiger partial charge in [0.05, 0.1) is 10.3 Å². The number of anilines is 1. The van der Waals surface area contributed by atoms with Crippen molar-refractivity contribution in [3.8, 4) is 11.1 Å². The van der Waals surface area contributed by atoms with Crippen LogP contribution in [0.1, 0.15) is 5.56 Å². The zero-order valence-electron chi connectivity index (χ0n) is 17.1. The van der Waals surface area contributed by atoms with Gasteiger partial charge in [-0.15, -0.1) is 11.3 Å². The van der Waals surface area contributed by atoms with Crippen LogP contribution in [0.4, 0.5) is 11.5 Å². The molecule has 0 radical (unpaired) electrons. The van der Waals surface area contributed by atoms with E-state index in [1.807, 2.05) is 17.5 Å². The first kappa shape index (κ1) is 20.8. The Morgan fingerprint density at radius 1 is 1.03 bits per heavy atom. The summed E-state index contributed by atoms with van der Waals surface area (Å²) in [6.07, 6.45) is 0. The van der Waals surface area contributed by atoms with Crippen molar-refractivity contribution in [2.75, 3.05) is 31.1 Å². The monoisotopic (exact) mass is 465 g/mol. The molecule has 0 N–H and O–H groups in total. The first-order valence-electron chi connectivity index (χ1n) is 10.3. The Morgan fingerprint density at radius 3 is 2.56 bits per heavy atom. The molecule has 9 heteroatoms. The number of benzene rings is 2. The Hall–Kier alpha value is -3.07. The van der Waals surface area contributed by atoms with Crippen LogP contribution in [0.2, 0.25) is 5.28 Å². The molecule has 1 aliphatic heterocycles. The van der Waals surface area contributed by atoms with E-state index in [2.05, 4.69) is 44.0 Å². The van der Waals surface area contributed by atoms with E-state index in [1.165, 1.54) is 23.0 Å². The third kappa shape index (κ3) is 4.17. The fraction of sp³-hybridized carbons (Fsp3) is 0.217. The summed E-state index contributed by atoms with van der Waals surface area (Å²) in [4.78, 5) is 25.3. The number of rotatable bonds is 5. The number of hydrogen-bond acceptors (Lipinski definition) is 7. The molecule has 0 atom stereocenters. The molecule has 2 aromatic carbocycles. The number of nitro groups is 1. The summed E-state index contributed by atoms with van der Waals surface area (Å²) < 4.78 is 0. The van der Waals surface area contributed by atoms with E-state index in [0.29, 0.717) is 0 Å². The molecule has 0 aliphatic carbocycles. The molecule has 0 saturated carbocycles. The number of hydrogen-bond donors (Lipinski definition) is 0. The van der Waals surface area contributed by atoms with Crippen molar-refractivity contribution in [1.29, 1.82) is 0 Å². The second-order valence-electron chi connectivity index (χ2n) is 7.70. The average Bonchev–Trinajstić information content (AvgIpc) is 3.23. The molecule has 3 heterocycles. The third-order valence-corrected chi connectivity index (χ3v) is 6.72. The van der Waals surface area contributed by atoms with Crippen molar-refractivity contribution >= 4 is 44.7 Å². The maximum absolute atomic E-state index is 11.3. The van der Waals surface area contributed by atoms with Gasteiger partial charge in [0.25, 0.3) is 5.69 Å². The van der Waals surface area contributed by atoms with Crippen LogP contribution in [-0.4, -0.2) is 46.0 Å². The third-order valence-electron chi connectivity index (χ3n) is 5.68. The van der Waals surface area contributed by atoms with E-state index in [9.17, 15) is 10.1 Å². The maximum atomic E-state index is 11.3. The highest BCUT2D eigenvalue weighted by molar-refractivity contribution is 7.17. The quantitative estimate of drug-likeness (QED) is 0.228. The summed E-state index contributed by atoms with van der Waals surface area (Å²) >= 11 is 7.73. The van der Waals surface area contributed by atoms with Gasteiger partial charge in [0.1, 0.15) is 10.6 Å². The van der Waals surface area contributed by atoms with Crippen LogP contribution >= 0.6 is 22.9 Å². The van der Waals surface area contributed by atoms with E-state index in [4.69, 9.17) is 11.6 Å². The number of fused-ring (bicyclic) bond motifs is 1. The lowest BCUT2D eigenvalue weighted by Crippen LogP contribution is -2.46. The molecular weight excluding hydrogens is 446 g/mol. The second kappa shape index (κ2) is 8.82. The van der Waals surface area contributed by atoms with Gasteiger partial charge >= 0.3 is 0 Å². The molecule has 0 amide bonds. The average molecular weight is 466 g/mol. The van der Waals surface area contributed by atoms with E-state index >= 15 is 0 Å². The minimum absolute atomic E-state index is 0.0628. The van der Waals surface area contributed by atoms with E-state index in [-0.39, 0.29) is 15.9 Å². The van der Waals surface area contributed by atoms with E-state index < -0.39 is 0 Å². The number of thiophene rings is 1. The molecule has 0 bridgehead atoms. The van der Waals surface area contributed by atoms with Crippen molar-refractivity contribution in [2.24, 2.45) is 0 Å². The van der Waals surface area contributed by atoms with Gasteiger partial charge in [-0.25, -0.2) is 4.98 Å². The van der Waals surface area contributed by atoms with Crippen molar-refractivity contribution < 1.29 is 4.92 Å². The van der Waals surface area contributed by atoms with Crippen LogP contribution < -0.4 is 4.90 Å². The fourth-order valence-corrected chi connectivity index (χ4v) is 5.24. The van der Waals surface area contributed by atoms with Crippen molar-refractivity contribution in [3.05, 3.63) is 80.9 Å². The van der Waals surface area contributed by atoms with Crippen LogP contribution in [0.3, 0.4) is 0 Å². The van der Waals surface area contributed by atoms with Crippen molar-refractivity contribution in [1.82, 2.24) is 14.9 Å². The van der Waals surface area contributed by atoms with Gasteiger partial charge < -0.3 is 4.90 Å². The van der Waals surface area contributed by atoms with Gasteiger partial charge in [-0.1, -0.05) is 42.5 Å². The van der Waals surface area contributed by atoms with Crippen LogP contribution in [0.15, 0.2) is 60.0 Å². The predicted octanol–water partition coefficient (Wildman–Crippen LogP) is 5.24. The lowest BCUT2D eigenvalue weighted by Gasteiger charge is -2.35. The Labute approximate surface area is 194 Å². The van der Waals surface area contributed by atoms with Crippen molar-refractivity contribution in [3.63, 3.8) is 0 Å². The molecule has 162 valence electrons. The zero-order valence-corrected chi connectivity index (χ0v) is 18.7. The number of nitrogens with zero attached hydrogens (tertiary/aromatic N) is 5. The summed E-state index contributed by atoms with van der Waals surface area (Å²) in [7, 11) is 0. The number of halogens is 1. The topological polar surface area (TPSA) is 75.4 Å². The fourth-order valence-electron chi connectivity index (χ4n) is 4.09. The number of nitro benzene ring substituents is 1. The highest BCUT2D eigenvalue weighted by Crippen LogP contribution is 2.40. The molecule has 1 aliphatic rings. The van der Waals surface area contributed by atoms with Gasteiger partial charge in [-0.2, -0.15) is 4.98 Å². The van der Waals surface area contributed by atoms with Crippen LogP contribution in [0.25, 0.3) is 21.3 Å². The largest absolute Gasteiger partial charge is 0.353 e. The Kier molecular flexibility index (Phi) is 5.73. The van der Waals surface area contributed by atoms with Crippen molar-refractivity contribution in [2.45, 2.75) is 6.54 Å². The van der Waals surface area contributed by atoms with Crippen LogP contribution in [0.5, 0.6) is 0 Å². The first-order valence-corrected chi connectivity index (χ1v) is 11.5. The summed E-state index contributed by atoms with van der Waals surface area (Å²) in [6.45, 7) is 4.38. The minimum Gasteiger partial charge on any atom is -0.353 e. The summed E-state index contributed by atoms with van der Waals surface area (Å²) in [6, 6.07) is 17.1. The zero-order chi connectivity index (χ0) is 22.1. The van der Waals surface area contributed by atoms with Gasteiger partial charge in [-0.05, 0) is 22.7 Å². The standard InChI is InChI=1S/C23H20ClN5O2S/c24-23-25-21(28-11-9-27(10-12-28)14-16-5-2-1-3-6-16)20-19(15-32-22(20)26-23)17-7-4-8-18(13-17)29(30)31/h1-8,13,15H,9-12,14H2. The molecule has 0 unspecified atom stereocenters. The van der Waals surface area contributed by atoms with E-state index in [1.54, 1.807) is 12.1 Å². The summed E-state index contributed by atoms with van der Waals surface area (Å²) in [5, 5.41) is 14.4. The van der Waals surface area contributed by atoms with Gasteiger partial charge in [0.2, 0.25) is 5.28 Å². The SMILES string of the molecule is O=[N+]([O-])c1cccc(-c2csc3nc(Cl)nc(N4CCN(Cc5ccccc5)CC4)c23)c1. The normalized spacial score (nSPS) is 14.7. The van der Waals surface area contributed by atoms with Crippen LogP contribution in [0, 0.1) is 10.1 Å². The molecule has 7 nitrogen and oxygen atoms in total. The van der Waals surface area contributed by atoms with E-state index in [0.717, 1.165) is 59.9 Å². The first-order chi connectivity index (χ1) is 15.6. The number of non-ortho nitro benzene ring substituents is 1. The lowest BCUT2D eigenvalue weighted by molar-refractivity contribution is -0.384. The number of aromatic nitrogens is 2. The predicted molar refractivity (Wildman–Crippen MR) is 128 cm³/mol. The molecular formula is C23H20ClN5O2S. The van der Waals surface area contributed by atoms with Gasteiger partial charge in [0, 0.05) is 55.8 Å². The highest BCUT2D eigenvalue weighted by atomic mass is 35.5. The summed E-state index contributed by atoms with van der Waals surface area (Å²) in [5.41, 5.74) is 3.04. The molecule has 32 heavy (non-hydrogen) atoms. The molecule has 5 rings (SSSR count). The smallest absolute Gasteiger partial charge is 0.270 e. The summed E-state index contributed by atoms with van der Waals surface area (Å²) in [5.74, 6) is 0.794. The molecule has 1 saturated heterocycles. The maximum Gasteiger partial charge on any atom is 0.270 e. The molecule has 1 fully saturated rings. The Morgan fingerprint density at radius 2 is 1.81 bits per heavy atom. The highest BCUT2D eigenvalue weighted by Gasteiger charge is 2.24. The molecule has 2 aromatic heterocycles. The number of piperazine rings is 1. The van der Waals surface area contributed by atoms with Gasteiger partial charge in [0.15, 0.2) is 0 Å². The lowest BCUT2D eigenvalue weighted by atomic mass is 10.0.